The quantitative estimate of drug-likeness (QED) is 0.320. The summed E-state index contributed by atoms with van der Waals surface area (Å²) in [5.74, 6) is 0.932. The lowest BCUT2D eigenvalue weighted by Crippen LogP contribution is -2.49. The van der Waals surface area contributed by atoms with Gasteiger partial charge in [0.05, 0.1) is 13.7 Å². The van der Waals surface area contributed by atoms with Gasteiger partial charge in [-0.05, 0) is 61.6 Å². The maximum absolute atomic E-state index is 13.2. The highest BCUT2D eigenvalue weighted by atomic mass is 16.5. The molecule has 1 amide bonds. The van der Waals surface area contributed by atoms with Crippen LogP contribution in [-0.4, -0.2) is 49.9 Å². The Bertz CT molecular complexity index is 1140. The van der Waals surface area contributed by atoms with Gasteiger partial charge >= 0.3 is 0 Å². The molecule has 36 heavy (non-hydrogen) atoms. The molecule has 0 saturated carbocycles. The zero-order chi connectivity index (χ0) is 25.5. The van der Waals surface area contributed by atoms with E-state index in [0.29, 0.717) is 23.7 Å². The molecule has 6 heteroatoms. The maximum atomic E-state index is 13.2. The molecule has 6 nitrogen and oxygen atoms in total. The molecule has 1 atom stereocenters. The Morgan fingerprint density at radius 2 is 1.61 bits per heavy atom. The number of nitrogens with two attached hydrogens (primary N) is 1. The first-order valence-electron chi connectivity index (χ1n) is 12.4. The largest absolute Gasteiger partial charge is 0.493 e. The van der Waals surface area contributed by atoms with E-state index < -0.39 is 5.41 Å². The Morgan fingerprint density at radius 3 is 2.17 bits per heavy atom. The van der Waals surface area contributed by atoms with E-state index in [0.717, 1.165) is 43.6 Å². The molecule has 188 valence electrons. The van der Waals surface area contributed by atoms with Crippen LogP contribution in [0.25, 0.3) is 0 Å². The average molecular weight is 487 g/mol. The van der Waals surface area contributed by atoms with Crippen molar-refractivity contribution >= 4 is 11.7 Å². The Morgan fingerprint density at radius 1 is 0.972 bits per heavy atom. The topological polar surface area (TPSA) is 81.9 Å². The fraction of sp³-hybridized carbons (Fsp3) is 0.333. The summed E-state index contributed by atoms with van der Waals surface area (Å²) < 4.78 is 11.3. The van der Waals surface area contributed by atoms with Crippen LogP contribution in [0.15, 0.2) is 78.9 Å². The molecule has 0 spiro atoms. The summed E-state index contributed by atoms with van der Waals surface area (Å²) >= 11 is 0. The number of hydrogen-bond acceptors (Lipinski definition) is 5. The molecule has 1 aliphatic heterocycles. The van der Waals surface area contributed by atoms with Crippen LogP contribution in [-0.2, 0) is 10.2 Å². The second-order valence-electron chi connectivity index (χ2n) is 9.31. The molecule has 0 aromatic heterocycles. The second kappa shape index (κ2) is 11.4. The number of rotatable bonds is 11. The Balaban J connectivity index is 1.43. The van der Waals surface area contributed by atoms with Crippen molar-refractivity contribution in [2.75, 3.05) is 33.4 Å². The van der Waals surface area contributed by atoms with Gasteiger partial charge in [0.15, 0.2) is 17.3 Å². The van der Waals surface area contributed by atoms with Crippen molar-refractivity contribution in [1.29, 1.82) is 0 Å². The predicted octanol–water partition coefficient (Wildman–Crippen LogP) is 4.46. The Labute approximate surface area is 213 Å². The number of benzene rings is 3. The number of carbonyl (C=O) groups excluding carboxylic acids is 2. The fourth-order valence-electron chi connectivity index (χ4n) is 5.39. The van der Waals surface area contributed by atoms with Gasteiger partial charge in [0.2, 0.25) is 5.91 Å². The van der Waals surface area contributed by atoms with E-state index in [1.165, 1.54) is 6.92 Å². The summed E-state index contributed by atoms with van der Waals surface area (Å²) in [4.78, 5) is 27.2. The third-order valence-electron chi connectivity index (χ3n) is 7.18. The standard InChI is InChI=1S/C30H34N2O4/c1-22(33)23-14-15-27(28(20-23)35-2)36-19-9-17-32-18-16-26(21-32)30(29(31)34,24-10-5-3-6-11-24)25-12-7-4-8-13-25/h3-8,10-15,20,26H,9,16-19,21H2,1-2H3,(H2,31,34). The number of nitrogens with zero attached hydrogens (tertiary/aromatic N) is 1. The molecule has 1 heterocycles. The van der Waals surface area contributed by atoms with Crippen molar-refractivity contribution < 1.29 is 19.1 Å². The van der Waals surface area contributed by atoms with Gasteiger partial charge in [0.25, 0.3) is 0 Å². The summed E-state index contributed by atoms with van der Waals surface area (Å²) in [6.07, 6.45) is 1.71. The van der Waals surface area contributed by atoms with Crippen LogP contribution in [0, 0.1) is 5.92 Å². The second-order valence-corrected chi connectivity index (χ2v) is 9.31. The van der Waals surface area contributed by atoms with Crippen LogP contribution in [0.2, 0.25) is 0 Å². The highest BCUT2D eigenvalue weighted by molar-refractivity contribution is 5.94. The van der Waals surface area contributed by atoms with Crippen LogP contribution in [0.3, 0.4) is 0 Å². The summed E-state index contributed by atoms with van der Waals surface area (Å²) in [5.41, 5.74) is 7.80. The number of hydrogen-bond donors (Lipinski definition) is 1. The zero-order valence-electron chi connectivity index (χ0n) is 21.0. The Kier molecular flexibility index (Phi) is 8.06. The van der Waals surface area contributed by atoms with E-state index in [4.69, 9.17) is 15.2 Å². The van der Waals surface area contributed by atoms with Gasteiger partial charge in [-0.2, -0.15) is 0 Å². The zero-order valence-corrected chi connectivity index (χ0v) is 21.0. The maximum Gasteiger partial charge on any atom is 0.232 e. The monoisotopic (exact) mass is 486 g/mol. The molecule has 1 aliphatic rings. The van der Waals surface area contributed by atoms with E-state index in [9.17, 15) is 9.59 Å². The van der Waals surface area contributed by atoms with E-state index in [-0.39, 0.29) is 17.6 Å². The molecule has 1 unspecified atom stereocenters. The third-order valence-corrected chi connectivity index (χ3v) is 7.18. The van der Waals surface area contributed by atoms with Crippen molar-refractivity contribution in [3.63, 3.8) is 0 Å². The molecule has 0 bridgehead atoms. The summed E-state index contributed by atoms with van der Waals surface area (Å²) in [6, 6.07) is 25.1. The Hall–Kier alpha value is -3.64. The smallest absolute Gasteiger partial charge is 0.232 e. The van der Waals surface area contributed by atoms with Gasteiger partial charge in [0, 0.05) is 18.7 Å². The van der Waals surface area contributed by atoms with Crippen LogP contribution in [0.1, 0.15) is 41.3 Å². The van der Waals surface area contributed by atoms with E-state index in [1.807, 2.05) is 60.7 Å². The predicted molar refractivity (Wildman–Crippen MR) is 141 cm³/mol. The van der Waals surface area contributed by atoms with Gasteiger partial charge in [-0.15, -0.1) is 0 Å². The number of ether oxygens (including phenoxy) is 2. The van der Waals surface area contributed by atoms with Gasteiger partial charge in [-0.3, -0.25) is 9.59 Å². The summed E-state index contributed by atoms with van der Waals surface area (Å²) in [5, 5.41) is 0. The SMILES string of the molecule is COc1cc(C(C)=O)ccc1OCCCN1CCC(C(C(N)=O)(c2ccccc2)c2ccccc2)C1. The molecule has 4 rings (SSSR count). The lowest BCUT2D eigenvalue weighted by Gasteiger charge is -2.37. The lowest BCUT2D eigenvalue weighted by atomic mass is 9.64. The molecule has 3 aromatic rings. The highest BCUT2D eigenvalue weighted by Crippen LogP contribution is 2.43. The van der Waals surface area contributed by atoms with E-state index in [1.54, 1.807) is 25.3 Å². The minimum Gasteiger partial charge on any atom is -0.493 e. The van der Waals surface area contributed by atoms with Gasteiger partial charge in [-0.1, -0.05) is 60.7 Å². The first-order valence-corrected chi connectivity index (χ1v) is 12.4. The minimum atomic E-state index is -0.875. The lowest BCUT2D eigenvalue weighted by molar-refractivity contribution is -0.123. The van der Waals surface area contributed by atoms with Crippen molar-refractivity contribution in [2.24, 2.45) is 11.7 Å². The van der Waals surface area contributed by atoms with Crippen LogP contribution < -0.4 is 15.2 Å². The number of methoxy groups -OCH3 is 1. The van der Waals surface area contributed by atoms with Crippen LogP contribution in [0.4, 0.5) is 0 Å². The average Bonchev–Trinajstić information content (AvgIpc) is 3.37. The van der Waals surface area contributed by atoms with E-state index >= 15 is 0 Å². The van der Waals surface area contributed by atoms with Gasteiger partial charge in [-0.25, -0.2) is 0 Å². The number of amides is 1. The summed E-state index contributed by atoms with van der Waals surface area (Å²) in [6.45, 7) is 4.58. The number of Topliss-reactive ketones (excluding diaryl/α,β-unsaturated/α-hetero) is 1. The van der Waals surface area contributed by atoms with Gasteiger partial charge in [0.1, 0.15) is 5.41 Å². The number of primary amides is 1. The minimum absolute atomic E-state index is 0.0125. The molecular weight excluding hydrogens is 452 g/mol. The van der Waals surface area contributed by atoms with E-state index in [2.05, 4.69) is 4.90 Å². The van der Waals surface area contributed by atoms with Crippen molar-refractivity contribution in [3.05, 3.63) is 95.6 Å². The first kappa shape index (κ1) is 25.5. The van der Waals surface area contributed by atoms with Crippen molar-refractivity contribution in [3.8, 4) is 11.5 Å². The van der Waals surface area contributed by atoms with Crippen LogP contribution in [0.5, 0.6) is 11.5 Å². The molecular formula is C30H34N2O4. The highest BCUT2D eigenvalue weighted by Gasteiger charge is 2.49. The van der Waals surface area contributed by atoms with Crippen LogP contribution >= 0.6 is 0 Å². The normalized spacial score (nSPS) is 16.0. The van der Waals surface area contributed by atoms with Crippen molar-refractivity contribution in [2.45, 2.75) is 25.2 Å². The number of carbonyl (C=O) groups is 2. The molecule has 3 aromatic carbocycles. The number of likely N-dealkylation sites (tertiary alicyclic amines) is 1. The fourth-order valence-corrected chi connectivity index (χ4v) is 5.39. The molecule has 1 saturated heterocycles. The van der Waals surface area contributed by atoms with Gasteiger partial charge < -0.3 is 20.1 Å². The summed E-state index contributed by atoms with van der Waals surface area (Å²) in [7, 11) is 1.57. The molecule has 1 fully saturated rings. The molecule has 2 N–H and O–H groups in total. The molecule has 0 aliphatic carbocycles. The third kappa shape index (κ3) is 5.14. The number of ketones is 1. The van der Waals surface area contributed by atoms with Crippen molar-refractivity contribution in [1.82, 2.24) is 4.90 Å². The molecule has 0 radical (unpaired) electrons. The first-order chi connectivity index (χ1) is 17.5.